The van der Waals surface area contributed by atoms with Crippen molar-refractivity contribution in [2.24, 2.45) is 5.92 Å². The number of carbonyl (C=O) groups excluding carboxylic acids is 1. The lowest BCUT2D eigenvalue weighted by Crippen LogP contribution is -2.27. The summed E-state index contributed by atoms with van der Waals surface area (Å²) in [7, 11) is 0. The number of hydrogen-bond acceptors (Lipinski definition) is 2. The number of nitrogens with zero attached hydrogens (tertiary/aromatic N) is 1. The second kappa shape index (κ2) is 7.28. The molecule has 1 amide bonds. The van der Waals surface area contributed by atoms with Crippen molar-refractivity contribution in [2.45, 2.75) is 19.9 Å². The zero-order valence-electron chi connectivity index (χ0n) is 13.3. The molecule has 1 atom stereocenters. The van der Waals surface area contributed by atoms with E-state index < -0.39 is 0 Å². The second-order valence-electron chi connectivity index (χ2n) is 6.15. The topological polar surface area (TPSA) is 32.3 Å². The van der Waals surface area contributed by atoms with Crippen LogP contribution in [0.3, 0.4) is 0 Å². The zero-order chi connectivity index (χ0) is 16.2. The van der Waals surface area contributed by atoms with E-state index in [1.165, 1.54) is 5.56 Å². The molecule has 1 N–H and O–H groups in total. The van der Waals surface area contributed by atoms with Gasteiger partial charge in [-0.05, 0) is 49.2 Å². The zero-order valence-corrected chi connectivity index (χ0v) is 14.8. The van der Waals surface area contributed by atoms with Gasteiger partial charge in [0.2, 0.25) is 5.91 Å². The molecular weight excluding hydrogens is 352 g/mol. The van der Waals surface area contributed by atoms with Crippen LogP contribution in [0.2, 0.25) is 0 Å². The van der Waals surface area contributed by atoms with E-state index in [-0.39, 0.29) is 11.8 Å². The molecule has 1 aliphatic rings. The van der Waals surface area contributed by atoms with Crippen molar-refractivity contribution in [3.8, 4) is 0 Å². The van der Waals surface area contributed by atoms with E-state index in [1.807, 2.05) is 31.2 Å². The molecule has 2 aromatic rings. The maximum Gasteiger partial charge on any atom is 0.228 e. The molecule has 0 saturated carbocycles. The molecule has 4 heteroatoms. The number of amides is 1. The van der Waals surface area contributed by atoms with Gasteiger partial charge in [-0.3, -0.25) is 9.69 Å². The maximum atomic E-state index is 12.5. The predicted molar refractivity (Wildman–Crippen MR) is 97.3 cm³/mol. The molecule has 1 saturated heterocycles. The molecule has 0 aromatic heterocycles. The molecule has 2 aromatic carbocycles. The van der Waals surface area contributed by atoms with E-state index in [1.54, 1.807) is 0 Å². The Morgan fingerprint density at radius 1 is 1.26 bits per heavy atom. The molecule has 23 heavy (non-hydrogen) atoms. The summed E-state index contributed by atoms with van der Waals surface area (Å²) in [4.78, 5) is 14.9. The molecule has 1 fully saturated rings. The van der Waals surface area contributed by atoms with Gasteiger partial charge in [0.15, 0.2) is 0 Å². The third-order valence-corrected chi connectivity index (χ3v) is 4.83. The Bertz CT molecular complexity index is 687. The lowest BCUT2D eigenvalue weighted by molar-refractivity contribution is -0.119. The molecule has 0 bridgehead atoms. The van der Waals surface area contributed by atoms with Crippen molar-refractivity contribution in [2.75, 3.05) is 18.4 Å². The van der Waals surface area contributed by atoms with E-state index in [2.05, 4.69) is 50.4 Å². The summed E-state index contributed by atoms with van der Waals surface area (Å²) >= 11 is 3.45. The van der Waals surface area contributed by atoms with Crippen LogP contribution >= 0.6 is 15.9 Å². The van der Waals surface area contributed by atoms with Crippen LogP contribution in [0, 0.1) is 12.8 Å². The van der Waals surface area contributed by atoms with Gasteiger partial charge in [0.25, 0.3) is 0 Å². The first kappa shape index (κ1) is 16.2. The first-order valence-corrected chi connectivity index (χ1v) is 8.74. The van der Waals surface area contributed by atoms with Gasteiger partial charge in [-0.2, -0.15) is 0 Å². The highest BCUT2D eigenvalue weighted by Gasteiger charge is 2.28. The Morgan fingerprint density at radius 3 is 2.78 bits per heavy atom. The van der Waals surface area contributed by atoms with Crippen molar-refractivity contribution >= 4 is 27.5 Å². The fraction of sp³-hybridized carbons (Fsp3) is 0.316. The third-order valence-electron chi connectivity index (χ3n) is 4.34. The summed E-state index contributed by atoms with van der Waals surface area (Å²) in [5, 5.41) is 3.08. The molecule has 1 unspecified atom stereocenters. The minimum absolute atomic E-state index is 0.0711. The Kier molecular flexibility index (Phi) is 5.13. The highest BCUT2D eigenvalue weighted by Crippen LogP contribution is 2.23. The van der Waals surface area contributed by atoms with Crippen LogP contribution in [0.4, 0.5) is 5.69 Å². The van der Waals surface area contributed by atoms with Crippen LogP contribution in [0.5, 0.6) is 0 Å². The van der Waals surface area contributed by atoms with Crippen LogP contribution in [0.1, 0.15) is 17.5 Å². The number of rotatable bonds is 4. The number of nitrogens with one attached hydrogen (secondary N) is 1. The van der Waals surface area contributed by atoms with E-state index in [0.29, 0.717) is 0 Å². The fourth-order valence-corrected chi connectivity index (χ4v) is 3.51. The molecule has 120 valence electrons. The van der Waals surface area contributed by atoms with Crippen molar-refractivity contribution < 1.29 is 4.79 Å². The fourth-order valence-electron chi connectivity index (χ4n) is 3.03. The number of benzene rings is 2. The minimum Gasteiger partial charge on any atom is -0.326 e. The summed E-state index contributed by atoms with van der Waals surface area (Å²) in [6.45, 7) is 4.74. The first-order chi connectivity index (χ1) is 11.1. The Hall–Kier alpha value is -1.65. The van der Waals surface area contributed by atoms with Gasteiger partial charge >= 0.3 is 0 Å². The van der Waals surface area contributed by atoms with Gasteiger partial charge in [0.1, 0.15) is 0 Å². The predicted octanol–water partition coefficient (Wildman–Crippen LogP) is 4.22. The maximum absolute atomic E-state index is 12.5. The summed E-state index contributed by atoms with van der Waals surface area (Å²) < 4.78 is 1.03. The molecular formula is C19H21BrN2O. The van der Waals surface area contributed by atoms with Gasteiger partial charge in [-0.25, -0.2) is 0 Å². The highest BCUT2D eigenvalue weighted by atomic mass is 79.9. The van der Waals surface area contributed by atoms with Crippen LogP contribution in [0.15, 0.2) is 53.0 Å². The summed E-state index contributed by atoms with van der Waals surface area (Å²) in [6, 6.07) is 16.4. The Morgan fingerprint density at radius 2 is 2.04 bits per heavy atom. The van der Waals surface area contributed by atoms with Crippen LogP contribution in [-0.4, -0.2) is 23.9 Å². The quantitative estimate of drug-likeness (QED) is 0.871. The molecule has 0 radical (unpaired) electrons. The molecule has 3 rings (SSSR count). The van der Waals surface area contributed by atoms with E-state index >= 15 is 0 Å². The molecule has 0 aliphatic carbocycles. The summed E-state index contributed by atoms with van der Waals surface area (Å²) in [5.41, 5.74) is 3.28. The van der Waals surface area contributed by atoms with Crippen LogP contribution in [0.25, 0.3) is 0 Å². The Balaban J connectivity index is 1.57. The van der Waals surface area contributed by atoms with Crippen molar-refractivity contribution in [1.29, 1.82) is 0 Å². The standard InChI is InChI=1S/C19H21BrN2O/c1-14-11-17(20)7-8-18(14)21-19(23)16-9-10-22(13-16)12-15-5-3-2-4-6-15/h2-8,11,16H,9-10,12-13H2,1H3,(H,21,23). The monoisotopic (exact) mass is 372 g/mol. The van der Waals surface area contributed by atoms with E-state index in [4.69, 9.17) is 0 Å². The van der Waals surface area contributed by atoms with Crippen LogP contribution < -0.4 is 5.32 Å². The average Bonchev–Trinajstić information content (AvgIpc) is 3.00. The van der Waals surface area contributed by atoms with Gasteiger partial charge in [0, 0.05) is 23.2 Å². The van der Waals surface area contributed by atoms with Crippen LogP contribution in [-0.2, 0) is 11.3 Å². The number of likely N-dealkylation sites (tertiary alicyclic amines) is 1. The number of anilines is 1. The van der Waals surface area contributed by atoms with E-state index in [9.17, 15) is 4.79 Å². The Labute approximate surface area is 145 Å². The first-order valence-electron chi connectivity index (χ1n) is 7.95. The normalized spacial score (nSPS) is 18.1. The highest BCUT2D eigenvalue weighted by molar-refractivity contribution is 9.10. The number of hydrogen-bond donors (Lipinski definition) is 1. The van der Waals surface area contributed by atoms with Gasteiger partial charge in [-0.15, -0.1) is 0 Å². The van der Waals surface area contributed by atoms with E-state index in [0.717, 1.165) is 41.8 Å². The van der Waals surface area contributed by atoms with Gasteiger partial charge in [0.05, 0.1) is 5.92 Å². The molecule has 1 heterocycles. The third kappa shape index (κ3) is 4.21. The SMILES string of the molecule is Cc1cc(Br)ccc1NC(=O)C1CCN(Cc2ccccc2)C1. The number of aryl methyl sites for hydroxylation is 1. The summed E-state index contributed by atoms with van der Waals surface area (Å²) in [5.74, 6) is 0.202. The largest absolute Gasteiger partial charge is 0.326 e. The van der Waals surface area contributed by atoms with Gasteiger partial charge < -0.3 is 5.32 Å². The molecule has 1 aliphatic heterocycles. The summed E-state index contributed by atoms with van der Waals surface area (Å²) in [6.07, 6.45) is 0.925. The van der Waals surface area contributed by atoms with Crippen molar-refractivity contribution in [1.82, 2.24) is 4.90 Å². The minimum atomic E-state index is 0.0711. The lowest BCUT2D eigenvalue weighted by Gasteiger charge is -2.16. The second-order valence-corrected chi connectivity index (χ2v) is 7.07. The van der Waals surface area contributed by atoms with Crippen molar-refractivity contribution in [3.05, 3.63) is 64.1 Å². The lowest BCUT2D eigenvalue weighted by atomic mass is 10.1. The van der Waals surface area contributed by atoms with Crippen molar-refractivity contribution in [3.63, 3.8) is 0 Å². The number of carbonyl (C=O) groups is 1. The smallest absolute Gasteiger partial charge is 0.228 e. The molecule has 3 nitrogen and oxygen atoms in total. The van der Waals surface area contributed by atoms with Gasteiger partial charge in [-0.1, -0.05) is 46.3 Å². The number of halogens is 1. The average molecular weight is 373 g/mol. The molecule has 0 spiro atoms.